The molecule has 0 bridgehead atoms. The fraction of sp³-hybridized carbons (Fsp3) is 0.625. The van der Waals surface area contributed by atoms with E-state index in [1.54, 1.807) is 0 Å². The molecule has 3 unspecified atom stereocenters. The van der Waals surface area contributed by atoms with E-state index in [1.807, 2.05) is 0 Å². The minimum absolute atomic E-state index is 0.178. The molecule has 0 radical (unpaired) electrons. The van der Waals surface area contributed by atoms with Crippen LogP contribution in [0.3, 0.4) is 0 Å². The van der Waals surface area contributed by atoms with Crippen molar-refractivity contribution in [3.63, 3.8) is 0 Å². The molecule has 3 rings (SSSR count). The second kappa shape index (κ2) is 5.72. The van der Waals surface area contributed by atoms with E-state index >= 15 is 0 Å². The third-order valence-corrected chi connectivity index (χ3v) is 5.47. The Balaban J connectivity index is 1.91. The van der Waals surface area contributed by atoms with E-state index in [-0.39, 0.29) is 11.6 Å². The topological polar surface area (TPSA) is 12.0 Å². The second-order valence-corrected chi connectivity index (χ2v) is 6.88. The van der Waals surface area contributed by atoms with Crippen molar-refractivity contribution in [3.05, 3.63) is 33.8 Å². The Bertz CT molecular complexity index is 495. The highest BCUT2D eigenvalue weighted by Crippen LogP contribution is 2.62. The zero-order valence-corrected chi connectivity index (χ0v) is 13.2. The van der Waals surface area contributed by atoms with Crippen molar-refractivity contribution in [3.8, 4) is 0 Å². The lowest BCUT2D eigenvalue weighted by Crippen LogP contribution is -2.27. The van der Waals surface area contributed by atoms with Gasteiger partial charge in [0.15, 0.2) is 0 Å². The molecule has 0 amide bonds. The van der Waals surface area contributed by atoms with Gasteiger partial charge in [-0.05, 0) is 71.6 Å². The minimum Gasteiger partial charge on any atom is -0.309 e. The molecule has 2 saturated carbocycles. The summed E-state index contributed by atoms with van der Waals surface area (Å²) in [6.45, 7) is 2.87. The molecule has 0 saturated heterocycles. The summed E-state index contributed by atoms with van der Waals surface area (Å²) in [5, 5.41) is 3.38. The molecule has 110 valence electrons. The first-order valence-electron chi connectivity index (χ1n) is 7.52. The summed E-state index contributed by atoms with van der Waals surface area (Å²) in [6.07, 6.45) is 4.68. The fourth-order valence-corrected chi connectivity index (χ4v) is 4.28. The average Bonchev–Trinajstić information content (AvgIpc) is 2.90. The molecule has 0 spiro atoms. The van der Waals surface area contributed by atoms with Crippen molar-refractivity contribution in [1.82, 2.24) is 5.32 Å². The maximum atomic E-state index is 14.4. The molecule has 2 fully saturated rings. The highest BCUT2D eigenvalue weighted by Gasteiger charge is 2.56. The summed E-state index contributed by atoms with van der Waals surface area (Å²) in [5.41, 5.74) is 0.229. The predicted molar refractivity (Wildman–Crippen MR) is 79.4 cm³/mol. The molecule has 0 heterocycles. The van der Waals surface area contributed by atoms with Gasteiger partial charge >= 0.3 is 0 Å². The van der Waals surface area contributed by atoms with E-state index in [4.69, 9.17) is 0 Å². The van der Waals surface area contributed by atoms with Gasteiger partial charge in [0.1, 0.15) is 11.6 Å². The number of nitrogens with one attached hydrogen (secondary N) is 1. The lowest BCUT2D eigenvalue weighted by atomic mass is 9.95. The van der Waals surface area contributed by atoms with Gasteiger partial charge in [0.05, 0.1) is 4.47 Å². The largest absolute Gasteiger partial charge is 0.309 e. The van der Waals surface area contributed by atoms with Crippen LogP contribution < -0.4 is 5.32 Å². The van der Waals surface area contributed by atoms with Crippen LogP contribution in [-0.2, 0) is 0 Å². The number of hydrogen-bond acceptors (Lipinski definition) is 1. The second-order valence-electron chi connectivity index (χ2n) is 6.02. The summed E-state index contributed by atoms with van der Waals surface area (Å²) in [4.78, 5) is 0. The van der Waals surface area contributed by atoms with Gasteiger partial charge in [0.2, 0.25) is 0 Å². The number of rotatable bonds is 5. The predicted octanol–water partition coefficient (Wildman–Crippen LogP) is 4.81. The van der Waals surface area contributed by atoms with Crippen LogP contribution in [0.25, 0.3) is 0 Å². The Morgan fingerprint density at radius 2 is 2.00 bits per heavy atom. The van der Waals surface area contributed by atoms with Crippen LogP contribution in [0, 0.1) is 29.4 Å². The lowest BCUT2D eigenvalue weighted by molar-refractivity contribution is 0.387. The van der Waals surface area contributed by atoms with Crippen molar-refractivity contribution < 1.29 is 8.78 Å². The number of halogens is 3. The first-order valence-corrected chi connectivity index (χ1v) is 8.31. The van der Waals surface area contributed by atoms with Gasteiger partial charge in [-0.1, -0.05) is 13.3 Å². The minimum atomic E-state index is -0.441. The third-order valence-electron chi connectivity index (χ3n) is 4.86. The van der Waals surface area contributed by atoms with Gasteiger partial charge in [0.25, 0.3) is 0 Å². The summed E-state index contributed by atoms with van der Waals surface area (Å²) in [7, 11) is 0. The molecule has 1 aromatic carbocycles. The van der Waals surface area contributed by atoms with Crippen LogP contribution >= 0.6 is 15.9 Å². The van der Waals surface area contributed by atoms with E-state index in [1.165, 1.54) is 31.4 Å². The molecule has 2 aliphatic rings. The summed E-state index contributed by atoms with van der Waals surface area (Å²) >= 11 is 3.18. The first kappa shape index (κ1) is 14.5. The highest BCUT2D eigenvalue weighted by molar-refractivity contribution is 9.10. The van der Waals surface area contributed by atoms with Gasteiger partial charge in [-0.3, -0.25) is 0 Å². The lowest BCUT2D eigenvalue weighted by Gasteiger charge is -2.22. The molecule has 0 aliphatic heterocycles. The SMILES string of the molecule is CCCNC(c1c(F)ccc(Br)c1F)C1C2CCCC21. The number of fused-ring (bicyclic) bond motifs is 1. The Morgan fingerprint density at radius 3 is 2.65 bits per heavy atom. The van der Waals surface area contributed by atoms with Crippen LogP contribution in [0.2, 0.25) is 0 Å². The third kappa shape index (κ3) is 2.41. The smallest absolute Gasteiger partial charge is 0.145 e. The Labute approximate surface area is 127 Å². The molecule has 20 heavy (non-hydrogen) atoms. The van der Waals surface area contributed by atoms with Crippen molar-refractivity contribution in [2.24, 2.45) is 17.8 Å². The van der Waals surface area contributed by atoms with E-state index < -0.39 is 11.6 Å². The van der Waals surface area contributed by atoms with Crippen LogP contribution in [-0.4, -0.2) is 6.54 Å². The molecule has 4 heteroatoms. The quantitative estimate of drug-likeness (QED) is 0.756. The maximum absolute atomic E-state index is 14.4. The summed E-state index contributed by atoms with van der Waals surface area (Å²) in [6, 6.07) is 2.63. The van der Waals surface area contributed by atoms with Crippen LogP contribution in [0.4, 0.5) is 8.78 Å². The van der Waals surface area contributed by atoms with E-state index in [0.29, 0.717) is 22.2 Å². The molecular formula is C16H20BrF2N. The molecule has 0 aromatic heterocycles. The van der Waals surface area contributed by atoms with E-state index in [9.17, 15) is 8.78 Å². The van der Waals surface area contributed by atoms with E-state index in [0.717, 1.165) is 13.0 Å². The highest BCUT2D eigenvalue weighted by atomic mass is 79.9. The van der Waals surface area contributed by atoms with Gasteiger partial charge in [0, 0.05) is 11.6 Å². The monoisotopic (exact) mass is 343 g/mol. The van der Waals surface area contributed by atoms with Gasteiger partial charge in [-0.15, -0.1) is 0 Å². The van der Waals surface area contributed by atoms with Crippen molar-refractivity contribution >= 4 is 15.9 Å². The fourth-order valence-electron chi connectivity index (χ4n) is 3.93. The Morgan fingerprint density at radius 1 is 1.30 bits per heavy atom. The van der Waals surface area contributed by atoms with Crippen LogP contribution in [0.15, 0.2) is 16.6 Å². The zero-order chi connectivity index (χ0) is 14.3. The zero-order valence-electron chi connectivity index (χ0n) is 11.6. The summed E-state index contributed by atoms with van der Waals surface area (Å²) in [5.74, 6) is 0.880. The first-order chi connectivity index (χ1) is 9.65. The number of benzene rings is 1. The molecule has 1 aromatic rings. The normalized spacial score (nSPS) is 29.3. The van der Waals surface area contributed by atoms with Crippen molar-refractivity contribution in [1.29, 1.82) is 0 Å². The molecule has 2 aliphatic carbocycles. The molecule has 1 N–H and O–H groups in total. The van der Waals surface area contributed by atoms with Crippen molar-refractivity contribution in [2.45, 2.75) is 38.6 Å². The van der Waals surface area contributed by atoms with Gasteiger partial charge in [-0.25, -0.2) is 8.78 Å². The maximum Gasteiger partial charge on any atom is 0.145 e. The Hall–Kier alpha value is -0.480. The van der Waals surface area contributed by atoms with E-state index in [2.05, 4.69) is 28.2 Å². The average molecular weight is 344 g/mol. The molecule has 3 atom stereocenters. The van der Waals surface area contributed by atoms with Gasteiger partial charge < -0.3 is 5.32 Å². The number of hydrogen-bond donors (Lipinski definition) is 1. The molecular weight excluding hydrogens is 324 g/mol. The van der Waals surface area contributed by atoms with Crippen molar-refractivity contribution in [2.75, 3.05) is 6.54 Å². The molecule has 1 nitrogen and oxygen atoms in total. The summed E-state index contributed by atoms with van der Waals surface area (Å²) < 4.78 is 28.9. The van der Waals surface area contributed by atoms with Crippen LogP contribution in [0.5, 0.6) is 0 Å². The Kier molecular flexibility index (Phi) is 4.14. The van der Waals surface area contributed by atoms with Crippen LogP contribution in [0.1, 0.15) is 44.2 Å². The standard InChI is InChI=1S/C16H20BrF2N/c1-2-8-20-16(13-9-4-3-5-10(9)13)14-12(18)7-6-11(17)15(14)19/h6-7,9-10,13,16,20H,2-5,8H2,1H3. The van der Waals surface area contributed by atoms with Gasteiger partial charge in [-0.2, -0.15) is 0 Å².